The van der Waals surface area contributed by atoms with Crippen molar-refractivity contribution in [1.29, 1.82) is 0 Å². The topological polar surface area (TPSA) is 85.8 Å². The second-order valence-electron chi connectivity index (χ2n) is 4.28. The predicted octanol–water partition coefficient (Wildman–Crippen LogP) is 1.37. The van der Waals surface area contributed by atoms with Crippen LogP contribution >= 0.6 is 24.8 Å². The zero-order valence-electron chi connectivity index (χ0n) is 11.7. The molecule has 0 aliphatic rings. The molecule has 0 atom stereocenters. The number of nitrogen functional groups attached to an aromatic ring is 1. The molecule has 0 spiro atoms. The molecule has 116 valence electrons. The van der Waals surface area contributed by atoms with E-state index < -0.39 is 0 Å². The van der Waals surface area contributed by atoms with Gasteiger partial charge in [0.15, 0.2) is 0 Å². The molecule has 2 heterocycles. The first kappa shape index (κ1) is 19.2. The average molecular weight is 332 g/mol. The van der Waals surface area contributed by atoms with Gasteiger partial charge in [-0.05, 0) is 19.1 Å². The van der Waals surface area contributed by atoms with Crippen LogP contribution in [0.1, 0.15) is 11.5 Å². The molecule has 21 heavy (non-hydrogen) atoms. The number of carbonyl (C=O) groups excluding carboxylic acids is 1. The van der Waals surface area contributed by atoms with E-state index in [9.17, 15) is 4.79 Å². The van der Waals surface area contributed by atoms with E-state index in [0.717, 1.165) is 5.82 Å². The van der Waals surface area contributed by atoms with Crippen LogP contribution in [0, 0.1) is 6.92 Å². The van der Waals surface area contributed by atoms with Gasteiger partial charge in [0.1, 0.15) is 5.82 Å². The van der Waals surface area contributed by atoms with Crippen molar-refractivity contribution in [3.63, 3.8) is 0 Å². The smallest absolute Gasteiger partial charge is 0.226 e. The van der Waals surface area contributed by atoms with E-state index >= 15 is 0 Å². The summed E-state index contributed by atoms with van der Waals surface area (Å²) in [4.78, 5) is 19.9. The summed E-state index contributed by atoms with van der Waals surface area (Å²) in [6.45, 7) is 3.22. The van der Waals surface area contributed by atoms with E-state index in [-0.39, 0.29) is 37.1 Å². The minimum Gasteiger partial charge on any atom is -0.397 e. The summed E-state index contributed by atoms with van der Waals surface area (Å²) in [5.74, 6) is 0.893. The van der Waals surface area contributed by atoms with Gasteiger partial charge in [-0.25, -0.2) is 4.98 Å². The highest BCUT2D eigenvalue weighted by molar-refractivity contribution is 5.85. The Balaban J connectivity index is 0.00000200. The fourth-order valence-corrected chi connectivity index (χ4v) is 1.72. The first-order chi connectivity index (χ1) is 9.15. The van der Waals surface area contributed by atoms with Crippen molar-refractivity contribution in [3.05, 3.63) is 42.2 Å². The number of aryl methyl sites for hydroxylation is 1. The summed E-state index contributed by atoms with van der Waals surface area (Å²) >= 11 is 0. The van der Waals surface area contributed by atoms with Crippen LogP contribution in [0.2, 0.25) is 0 Å². The second kappa shape index (κ2) is 9.20. The number of anilines is 1. The zero-order chi connectivity index (χ0) is 13.7. The van der Waals surface area contributed by atoms with Crippen LogP contribution in [-0.2, 0) is 17.8 Å². The van der Waals surface area contributed by atoms with E-state index in [1.165, 1.54) is 0 Å². The van der Waals surface area contributed by atoms with Crippen LogP contribution in [0.5, 0.6) is 0 Å². The van der Waals surface area contributed by atoms with Gasteiger partial charge in [0.2, 0.25) is 5.91 Å². The fourth-order valence-electron chi connectivity index (χ4n) is 1.72. The lowest BCUT2D eigenvalue weighted by molar-refractivity contribution is -0.120. The minimum atomic E-state index is -0.0463. The Kier molecular flexibility index (Phi) is 8.42. The van der Waals surface area contributed by atoms with Crippen molar-refractivity contribution in [2.45, 2.75) is 19.9 Å². The van der Waals surface area contributed by atoms with Gasteiger partial charge in [0, 0.05) is 31.2 Å². The number of nitrogens with zero attached hydrogens (tertiary/aromatic N) is 3. The largest absolute Gasteiger partial charge is 0.397 e. The molecule has 0 aliphatic carbocycles. The Morgan fingerprint density at radius 2 is 2.10 bits per heavy atom. The Labute approximate surface area is 136 Å². The third-order valence-electron chi connectivity index (χ3n) is 2.79. The number of rotatable bonds is 5. The van der Waals surface area contributed by atoms with Gasteiger partial charge < -0.3 is 15.6 Å². The molecule has 3 N–H and O–H groups in total. The maximum atomic E-state index is 11.7. The minimum absolute atomic E-state index is 0. The fraction of sp³-hybridized carbons (Fsp3) is 0.308. The molecule has 0 saturated carbocycles. The van der Waals surface area contributed by atoms with Crippen molar-refractivity contribution in [2.75, 3.05) is 12.3 Å². The van der Waals surface area contributed by atoms with Gasteiger partial charge in [-0.15, -0.1) is 24.8 Å². The average Bonchev–Trinajstić information content (AvgIpc) is 2.78. The van der Waals surface area contributed by atoms with E-state index in [0.29, 0.717) is 24.5 Å². The Morgan fingerprint density at radius 1 is 1.33 bits per heavy atom. The van der Waals surface area contributed by atoms with Crippen LogP contribution in [0.4, 0.5) is 5.69 Å². The van der Waals surface area contributed by atoms with Gasteiger partial charge in [0.05, 0.1) is 18.3 Å². The van der Waals surface area contributed by atoms with Crippen LogP contribution in [0.25, 0.3) is 0 Å². The van der Waals surface area contributed by atoms with E-state index in [1.807, 2.05) is 17.7 Å². The molecule has 0 bridgehead atoms. The quantitative estimate of drug-likeness (QED) is 0.866. The molecule has 0 aromatic carbocycles. The van der Waals surface area contributed by atoms with Crippen molar-refractivity contribution in [1.82, 2.24) is 19.9 Å². The monoisotopic (exact) mass is 331 g/mol. The van der Waals surface area contributed by atoms with Crippen LogP contribution in [-0.4, -0.2) is 27.0 Å². The van der Waals surface area contributed by atoms with Crippen molar-refractivity contribution < 1.29 is 4.79 Å². The molecule has 1 amide bonds. The van der Waals surface area contributed by atoms with E-state index in [4.69, 9.17) is 5.73 Å². The van der Waals surface area contributed by atoms with Gasteiger partial charge in [-0.3, -0.25) is 9.78 Å². The lowest BCUT2D eigenvalue weighted by atomic mass is 10.2. The number of pyridine rings is 1. The Hall–Kier alpha value is -1.79. The summed E-state index contributed by atoms with van der Waals surface area (Å²) in [6, 6.07) is 3.50. The molecular weight excluding hydrogens is 313 g/mol. The number of nitrogens with one attached hydrogen (secondary N) is 1. The Morgan fingerprint density at radius 3 is 2.67 bits per heavy atom. The number of hydrogen-bond acceptors (Lipinski definition) is 4. The Bertz CT molecular complexity index is 556. The van der Waals surface area contributed by atoms with Crippen LogP contribution in [0.15, 0.2) is 30.7 Å². The highest BCUT2D eigenvalue weighted by Gasteiger charge is 2.04. The predicted molar refractivity (Wildman–Crippen MR) is 86.8 cm³/mol. The lowest BCUT2D eigenvalue weighted by Crippen LogP contribution is -2.29. The van der Waals surface area contributed by atoms with Crippen molar-refractivity contribution >= 4 is 36.4 Å². The summed E-state index contributed by atoms with van der Waals surface area (Å²) < 4.78 is 1.99. The van der Waals surface area contributed by atoms with Gasteiger partial charge in [-0.1, -0.05) is 0 Å². The van der Waals surface area contributed by atoms with Gasteiger partial charge >= 0.3 is 0 Å². The number of halogens is 2. The summed E-state index contributed by atoms with van der Waals surface area (Å²) in [7, 11) is 0. The third-order valence-corrected chi connectivity index (χ3v) is 2.79. The van der Waals surface area contributed by atoms with Crippen molar-refractivity contribution in [2.24, 2.45) is 0 Å². The lowest BCUT2D eigenvalue weighted by Gasteiger charge is -2.07. The highest BCUT2D eigenvalue weighted by atomic mass is 35.5. The number of amides is 1. The normalized spacial score (nSPS) is 9.38. The van der Waals surface area contributed by atoms with Crippen LogP contribution < -0.4 is 11.1 Å². The zero-order valence-corrected chi connectivity index (χ0v) is 13.3. The molecule has 0 radical (unpaired) electrons. The molecule has 0 saturated heterocycles. The second-order valence-corrected chi connectivity index (χ2v) is 4.28. The molecule has 0 aliphatic heterocycles. The highest BCUT2D eigenvalue weighted by Crippen LogP contribution is 2.01. The SMILES string of the molecule is Cc1nccn1CCNC(=O)Cc1ccc(N)cn1.Cl.Cl. The summed E-state index contributed by atoms with van der Waals surface area (Å²) in [6.07, 6.45) is 5.46. The molecule has 6 nitrogen and oxygen atoms in total. The maximum absolute atomic E-state index is 11.7. The number of aromatic nitrogens is 3. The molecular formula is C13H19Cl2N5O. The standard InChI is InChI=1S/C13H17N5O.2ClH/c1-10-15-4-6-18(10)7-5-16-13(19)8-12-3-2-11(14)9-17-12;;/h2-4,6,9H,5,7-8,14H2,1H3,(H,16,19);2*1H. The molecule has 0 unspecified atom stereocenters. The number of carbonyl (C=O) groups is 1. The van der Waals surface area contributed by atoms with E-state index in [1.54, 1.807) is 24.5 Å². The molecule has 2 aromatic rings. The third kappa shape index (κ3) is 6.01. The first-order valence-electron chi connectivity index (χ1n) is 6.10. The summed E-state index contributed by atoms with van der Waals surface area (Å²) in [5, 5.41) is 2.85. The van der Waals surface area contributed by atoms with Crippen molar-refractivity contribution in [3.8, 4) is 0 Å². The van der Waals surface area contributed by atoms with Gasteiger partial charge in [-0.2, -0.15) is 0 Å². The van der Waals surface area contributed by atoms with Gasteiger partial charge in [0.25, 0.3) is 0 Å². The first-order valence-corrected chi connectivity index (χ1v) is 6.10. The molecule has 8 heteroatoms. The molecule has 0 fully saturated rings. The maximum Gasteiger partial charge on any atom is 0.226 e. The molecule has 2 aromatic heterocycles. The number of hydrogen-bond donors (Lipinski definition) is 2. The van der Waals surface area contributed by atoms with Crippen LogP contribution in [0.3, 0.4) is 0 Å². The van der Waals surface area contributed by atoms with E-state index in [2.05, 4.69) is 15.3 Å². The number of nitrogens with two attached hydrogens (primary N) is 1. The number of imidazole rings is 1. The summed E-state index contributed by atoms with van der Waals surface area (Å²) in [5.41, 5.74) is 6.84. The molecule has 2 rings (SSSR count).